The Bertz CT molecular complexity index is 1650. The van der Waals surface area contributed by atoms with Gasteiger partial charge in [0, 0.05) is 18.1 Å². The molecule has 0 amide bonds. The number of hydrogen-bond acceptors (Lipinski definition) is 8. The molecule has 0 radical (unpaired) electrons. The van der Waals surface area contributed by atoms with E-state index in [1.54, 1.807) is 20.5 Å². The van der Waals surface area contributed by atoms with Crippen LogP contribution in [0.25, 0.3) is 16.7 Å². The predicted octanol–water partition coefficient (Wildman–Crippen LogP) is 5.58. The minimum atomic E-state index is -0.227. The number of ether oxygens (including phenoxy) is 2. The second-order valence-corrected chi connectivity index (χ2v) is 9.49. The Morgan fingerprint density at radius 3 is 2.56 bits per heavy atom. The number of pyridine rings is 1. The van der Waals surface area contributed by atoms with Gasteiger partial charge in [-0.15, -0.1) is 0 Å². The van der Waals surface area contributed by atoms with Gasteiger partial charge in [-0.3, -0.25) is 0 Å². The molecule has 1 aliphatic heterocycles. The van der Waals surface area contributed by atoms with Gasteiger partial charge in [-0.05, 0) is 61.4 Å². The highest BCUT2D eigenvalue weighted by atomic mass is 16.6. The third-order valence-electron chi connectivity index (χ3n) is 6.92. The quantitative estimate of drug-likeness (QED) is 0.275. The fraction of sp³-hybridized carbons (Fsp3) is 0.233. The molecule has 2 aromatic carbocycles. The molecule has 9 heteroatoms. The summed E-state index contributed by atoms with van der Waals surface area (Å²) in [6.45, 7) is 4.91. The van der Waals surface area contributed by atoms with E-state index in [1.807, 2.05) is 66.2 Å². The lowest BCUT2D eigenvalue weighted by molar-refractivity contribution is 0.0500. The zero-order valence-electron chi connectivity index (χ0n) is 22.3. The number of nitrogens with zero attached hydrogens (tertiary/aromatic N) is 5. The van der Waals surface area contributed by atoms with Crippen LogP contribution in [0.1, 0.15) is 34.3 Å². The maximum Gasteiger partial charge on any atom is 0.238 e. The molecular weight excluding hydrogens is 494 g/mol. The Labute approximate surface area is 226 Å². The number of benzene rings is 2. The third kappa shape index (κ3) is 4.67. The first-order valence-electron chi connectivity index (χ1n) is 12.7. The number of imidazole rings is 1. The van der Waals surface area contributed by atoms with E-state index >= 15 is 0 Å². The summed E-state index contributed by atoms with van der Waals surface area (Å²) in [4.78, 5) is 17.1. The smallest absolute Gasteiger partial charge is 0.238 e. The molecule has 3 aromatic heterocycles. The van der Waals surface area contributed by atoms with Gasteiger partial charge in [-0.1, -0.05) is 29.4 Å². The van der Waals surface area contributed by atoms with Crippen molar-refractivity contribution in [2.45, 2.75) is 26.4 Å². The van der Waals surface area contributed by atoms with Gasteiger partial charge >= 0.3 is 0 Å². The van der Waals surface area contributed by atoms with E-state index in [2.05, 4.69) is 34.1 Å². The number of furan rings is 1. The highest BCUT2D eigenvalue weighted by Gasteiger charge is 2.33. The molecule has 0 N–H and O–H groups in total. The van der Waals surface area contributed by atoms with E-state index in [0.717, 1.165) is 45.0 Å². The molecule has 9 nitrogen and oxygen atoms in total. The van der Waals surface area contributed by atoms with Crippen LogP contribution in [0.3, 0.4) is 0 Å². The summed E-state index contributed by atoms with van der Waals surface area (Å²) in [5.41, 5.74) is 5.40. The lowest BCUT2D eigenvalue weighted by Gasteiger charge is -2.35. The maximum absolute atomic E-state index is 6.35. The molecule has 0 bridgehead atoms. The van der Waals surface area contributed by atoms with E-state index in [0.29, 0.717) is 30.6 Å². The monoisotopic (exact) mass is 523 g/mol. The molecular formula is C30H29N5O4. The summed E-state index contributed by atoms with van der Waals surface area (Å²) in [6, 6.07) is 19.8. The molecule has 4 heterocycles. The summed E-state index contributed by atoms with van der Waals surface area (Å²) < 4.78 is 19.3. The zero-order valence-corrected chi connectivity index (χ0v) is 22.3. The second kappa shape index (κ2) is 10.2. The van der Waals surface area contributed by atoms with Gasteiger partial charge in [-0.25, -0.2) is 9.97 Å². The number of rotatable bonds is 7. The highest BCUT2D eigenvalue weighted by Crippen LogP contribution is 2.34. The lowest BCUT2D eigenvalue weighted by atomic mass is 10.1. The van der Waals surface area contributed by atoms with Crippen LogP contribution in [0.2, 0.25) is 0 Å². The van der Waals surface area contributed by atoms with Crippen LogP contribution >= 0.6 is 0 Å². The van der Waals surface area contributed by atoms with E-state index in [-0.39, 0.29) is 6.04 Å². The Morgan fingerprint density at radius 1 is 1.00 bits per heavy atom. The van der Waals surface area contributed by atoms with E-state index < -0.39 is 0 Å². The van der Waals surface area contributed by atoms with Crippen molar-refractivity contribution >= 4 is 16.8 Å². The van der Waals surface area contributed by atoms with Crippen LogP contribution in [0.15, 0.2) is 82.8 Å². The summed E-state index contributed by atoms with van der Waals surface area (Å²) in [5.74, 6) is 2.65. The van der Waals surface area contributed by atoms with Gasteiger partial charge in [0.1, 0.15) is 41.1 Å². The zero-order chi connectivity index (χ0) is 26.9. The molecule has 198 valence electrons. The summed E-state index contributed by atoms with van der Waals surface area (Å²) >= 11 is 0. The first-order valence-corrected chi connectivity index (χ1v) is 12.7. The fourth-order valence-electron chi connectivity index (χ4n) is 4.85. The average Bonchev–Trinajstić information content (AvgIpc) is 3.60. The van der Waals surface area contributed by atoms with Crippen molar-refractivity contribution in [3.8, 4) is 17.3 Å². The van der Waals surface area contributed by atoms with Crippen molar-refractivity contribution in [1.82, 2.24) is 19.4 Å². The molecule has 0 saturated carbocycles. The number of hydrogen-bond donors (Lipinski definition) is 0. The molecule has 1 aliphatic rings. The number of methoxy groups -OCH3 is 2. The van der Waals surface area contributed by atoms with Crippen LogP contribution in [-0.4, -0.2) is 46.1 Å². The van der Waals surface area contributed by atoms with Gasteiger partial charge < -0.3 is 28.2 Å². The number of fused-ring (bicyclic) bond motifs is 1. The lowest BCUT2D eigenvalue weighted by Crippen LogP contribution is -2.40. The van der Waals surface area contributed by atoms with E-state index in [1.165, 1.54) is 0 Å². The van der Waals surface area contributed by atoms with Gasteiger partial charge in [0.25, 0.3) is 0 Å². The highest BCUT2D eigenvalue weighted by molar-refractivity contribution is 5.97. The van der Waals surface area contributed by atoms with Crippen LogP contribution in [-0.2, 0) is 11.4 Å². The normalized spacial score (nSPS) is 15.2. The van der Waals surface area contributed by atoms with Crippen LogP contribution in [0.4, 0.5) is 0 Å². The third-order valence-corrected chi connectivity index (χ3v) is 6.92. The number of aryl methyl sites for hydroxylation is 2. The molecule has 0 saturated heterocycles. The number of amidine groups is 1. The van der Waals surface area contributed by atoms with Crippen molar-refractivity contribution in [1.29, 1.82) is 0 Å². The molecule has 5 aromatic rings. The topological polar surface area (TPSA) is 87.1 Å². The van der Waals surface area contributed by atoms with Crippen LogP contribution in [0.5, 0.6) is 11.6 Å². The SMILES string of the molecule is COc1ccc(CN2C(c3ccc(-n4cnc(C)c4)c(OC)n3)=NOC[C@@H]2c2cc3c(C)cccc3o2)cc1. The largest absolute Gasteiger partial charge is 0.497 e. The van der Waals surface area contributed by atoms with Crippen LogP contribution in [0, 0.1) is 13.8 Å². The van der Waals surface area contributed by atoms with Crippen molar-refractivity contribution in [2.24, 2.45) is 5.16 Å². The maximum atomic E-state index is 6.35. The fourth-order valence-corrected chi connectivity index (χ4v) is 4.85. The van der Waals surface area contributed by atoms with Crippen molar-refractivity contribution < 1.29 is 18.7 Å². The minimum Gasteiger partial charge on any atom is -0.497 e. The van der Waals surface area contributed by atoms with Gasteiger partial charge in [-0.2, -0.15) is 0 Å². The molecule has 0 fully saturated rings. The molecule has 6 rings (SSSR count). The first-order chi connectivity index (χ1) is 19.0. The summed E-state index contributed by atoms with van der Waals surface area (Å²) in [6.07, 6.45) is 3.67. The Balaban J connectivity index is 1.42. The molecule has 1 atom stereocenters. The van der Waals surface area contributed by atoms with E-state index in [4.69, 9.17) is 23.7 Å². The number of aromatic nitrogens is 3. The molecule has 0 aliphatic carbocycles. The van der Waals surface area contributed by atoms with Crippen LogP contribution < -0.4 is 9.47 Å². The number of oxime groups is 1. The first kappa shape index (κ1) is 24.5. The standard InChI is InChI=1S/C30H29N5O4/c1-19-6-5-7-27-23(19)14-28(39-27)26-17-38-33-29(35(26)16-21-8-10-22(36-3)11-9-21)24-12-13-25(30(32-24)37-4)34-15-20(2)31-18-34/h5-15,18,26H,16-17H2,1-4H3/t26-/m1/s1. The Hall–Kier alpha value is -4.79. The molecule has 39 heavy (non-hydrogen) atoms. The molecule has 0 spiro atoms. The van der Waals surface area contributed by atoms with Gasteiger partial charge in [0.2, 0.25) is 5.88 Å². The van der Waals surface area contributed by atoms with Crippen molar-refractivity contribution in [3.63, 3.8) is 0 Å². The van der Waals surface area contributed by atoms with Gasteiger partial charge in [0.15, 0.2) is 5.84 Å². The molecule has 0 unspecified atom stereocenters. The second-order valence-electron chi connectivity index (χ2n) is 9.49. The predicted molar refractivity (Wildman–Crippen MR) is 147 cm³/mol. The van der Waals surface area contributed by atoms with Crippen molar-refractivity contribution in [2.75, 3.05) is 20.8 Å². The Morgan fingerprint density at radius 2 is 1.85 bits per heavy atom. The summed E-state index contributed by atoms with van der Waals surface area (Å²) in [7, 11) is 3.27. The minimum absolute atomic E-state index is 0.227. The van der Waals surface area contributed by atoms with Crippen molar-refractivity contribution in [3.05, 3.63) is 101 Å². The van der Waals surface area contributed by atoms with E-state index in [9.17, 15) is 0 Å². The van der Waals surface area contributed by atoms with Gasteiger partial charge in [0.05, 0.1) is 26.2 Å². The Kier molecular flexibility index (Phi) is 6.40. The average molecular weight is 524 g/mol. The summed E-state index contributed by atoms with van der Waals surface area (Å²) in [5, 5.41) is 5.56.